The molecule has 10 heteroatoms. The van der Waals surface area contributed by atoms with Gasteiger partial charge in [-0.1, -0.05) is 54.6 Å². The minimum absolute atomic E-state index is 0.0600. The van der Waals surface area contributed by atoms with Crippen LogP contribution in [-0.2, 0) is 28.7 Å². The first-order valence-electron chi connectivity index (χ1n) is 14.3. The van der Waals surface area contributed by atoms with Gasteiger partial charge < -0.3 is 29.7 Å². The van der Waals surface area contributed by atoms with E-state index in [9.17, 15) is 24.3 Å². The molecule has 4 heterocycles. The lowest BCUT2D eigenvalue weighted by molar-refractivity contribution is -0.153. The molecule has 0 aromatic heterocycles. The summed E-state index contributed by atoms with van der Waals surface area (Å²) in [5.74, 6) is -3.48. The molecule has 3 amide bonds. The third-order valence-electron chi connectivity index (χ3n) is 8.55. The molecule has 1 aromatic rings. The number of hydrogen-bond acceptors (Lipinski definition) is 7. The fourth-order valence-corrected chi connectivity index (χ4v) is 6.54. The molecule has 2 N–H and O–H groups in total. The summed E-state index contributed by atoms with van der Waals surface area (Å²) in [4.78, 5) is 58.2. The summed E-state index contributed by atoms with van der Waals surface area (Å²) in [5.41, 5.74) is -1.20. The number of rotatable bonds is 3. The second-order valence-corrected chi connectivity index (χ2v) is 12.3. The van der Waals surface area contributed by atoms with Gasteiger partial charge in [-0.25, -0.2) is 0 Å². The summed E-state index contributed by atoms with van der Waals surface area (Å²) in [6.07, 6.45) is 6.81. The Labute approximate surface area is 240 Å². The van der Waals surface area contributed by atoms with Crippen molar-refractivity contribution in [3.63, 3.8) is 0 Å². The van der Waals surface area contributed by atoms with Crippen LogP contribution in [0.3, 0.4) is 0 Å². The van der Waals surface area contributed by atoms with Gasteiger partial charge in [0.05, 0.1) is 36.6 Å². The van der Waals surface area contributed by atoms with Gasteiger partial charge in [-0.05, 0) is 39.7 Å². The third-order valence-corrected chi connectivity index (χ3v) is 8.55. The number of amides is 3. The molecule has 2 saturated heterocycles. The number of allylic oxidation sites excluding steroid dienone is 1. The van der Waals surface area contributed by atoms with Gasteiger partial charge in [0.25, 0.3) is 0 Å². The molecule has 0 unspecified atom stereocenters. The van der Waals surface area contributed by atoms with Gasteiger partial charge in [0.15, 0.2) is 0 Å². The molecule has 1 aromatic carbocycles. The Morgan fingerprint density at radius 1 is 1.10 bits per heavy atom. The van der Waals surface area contributed by atoms with E-state index in [0.29, 0.717) is 13.0 Å². The summed E-state index contributed by atoms with van der Waals surface area (Å²) in [7, 11) is 0. The van der Waals surface area contributed by atoms with Gasteiger partial charge in [0.1, 0.15) is 18.2 Å². The molecule has 0 bridgehead atoms. The highest BCUT2D eigenvalue weighted by Crippen LogP contribution is 2.53. The lowest BCUT2D eigenvalue weighted by atomic mass is 9.77. The van der Waals surface area contributed by atoms with Crippen LogP contribution in [0.2, 0.25) is 0 Å². The number of carbonyl (C=O) groups excluding carboxylic acids is 4. The van der Waals surface area contributed by atoms with Crippen LogP contribution in [0.15, 0.2) is 54.6 Å². The smallest absolute Gasteiger partial charge is 0.306 e. The predicted molar refractivity (Wildman–Crippen MR) is 149 cm³/mol. The molecule has 4 aliphatic heterocycles. The number of nitrogens with one attached hydrogen (secondary N) is 1. The topological polar surface area (TPSA) is 125 Å². The fourth-order valence-electron chi connectivity index (χ4n) is 6.54. The molecule has 0 saturated carbocycles. The Morgan fingerprint density at radius 2 is 1.83 bits per heavy atom. The SMILES string of the molecule is C[C@H](CO)N1C(=O)[C@@H]2[C@H]3C(=O)N[C@H](c4ccccc4)COC(=O)CC/C=C\[C@H]3O[C@@]23C=CCN(C(C)(C)C)C(=O)[C@@H]13. The van der Waals surface area contributed by atoms with Crippen LogP contribution < -0.4 is 5.32 Å². The molecule has 4 aliphatic rings. The highest BCUT2D eigenvalue weighted by Gasteiger charge is 2.72. The van der Waals surface area contributed by atoms with E-state index in [0.717, 1.165) is 5.56 Å². The highest BCUT2D eigenvalue weighted by atomic mass is 16.5. The summed E-state index contributed by atoms with van der Waals surface area (Å²) in [6.45, 7) is 7.38. The van der Waals surface area contributed by atoms with Gasteiger partial charge in [0.2, 0.25) is 17.7 Å². The minimum atomic E-state index is -1.41. The first-order chi connectivity index (χ1) is 19.5. The normalized spacial score (nSPS) is 33.9. The van der Waals surface area contributed by atoms with E-state index in [1.165, 1.54) is 4.90 Å². The number of hydrogen-bond donors (Lipinski definition) is 2. The zero-order valence-electron chi connectivity index (χ0n) is 24.0. The van der Waals surface area contributed by atoms with Crippen molar-refractivity contribution < 1.29 is 33.8 Å². The van der Waals surface area contributed by atoms with Gasteiger partial charge in [-0.2, -0.15) is 0 Å². The van der Waals surface area contributed by atoms with Crippen molar-refractivity contribution >= 4 is 23.7 Å². The molecule has 2 fully saturated rings. The van der Waals surface area contributed by atoms with Gasteiger partial charge >= 0.3 is 5.97 Å². The Bertz CT molecular complexity index is 1260. The van der Waals surface area contributed by atoms with E-state index in [1.54, 1.807) is 30.1 Å². The number of benzene rings is 1. The first-order valence-corrected chi connectivity index (χ1v) is 14.3. The number of aliphatic hydroxyl groups is 1. The van der Waals surface area contributed by atoms with Gasteiger partial charge in [0, 0.05) is 18.5 Å². The van der Waals surface area contributed by atoms with Crippen LogP contribution in [0.1, 0.15) is 52.1 Å². The first kappa shape index (κ1) is 29.0. The summed E-state index contributed by atoms with van der Waals surface area (Å²) >= 11 is 0. The standard InChI is InChI=1S/C31H39N3O7/c1-19(17-35)34-26-29(39)33(30(2,3)4)16-10-15-31(26)25(28(34)38)24-22(41-31)13-8-9-14-23(36)40-18-21(32-27(24)37)20-11-6-5-7-12-20/h5-8,10-13,15,19,21-22,24-26,35H,9,14,16-18H2,1-4H3,(H,32,37)/b13-8-/t19-,21+,22-,24+,25+,26-,31+/m1/s1. The van der Waals surface area contributed by atoms with Crippen molar-refractivity contribution in [1.82, 2.24) is 15.1 Å². The number of likely N-dealkylation sites (tertiary alicyclic amines) is 1. The Hall–Kier alpha value is -3.50. The maximum atomic E-state index is 14.3. The Balaban J connectivity index is 1.61. The Morgan fingerprint density at radius 3 is 2.51 bits per heavy atom. The van der Waals surface area contributed by atoms with E-state index in [1.807, 2.05) is 57.2 Å². The zero-order valence-corrected chi connectivity index (χ0v) is 24.0. The van der Waals surface area contributed by atoms with E-state index >= 15 is 0 Å². The largest absolute Gasteiger partial charge is 0.463 e. The highest BCUT2D eigenvalue weighted by molar-refractivity contribution is 6.00. The molecule has 1 spiro atoms. The average molecular weight is 566 g/mol. The summed E-state index contributed by atoms with van der Waals surface area (Å²) in [6, 6.07) is 6.83. The number of carbonyl (C=O) groups is 4. The fraction of sp³-hybridized carbons (Fsp3) is 0.548. The van der Waals surface area contributed by atoms with Crippen molar-refractivity contribution in [3.05, 3.63) is 60.2 Å². The average Bonchev–Trinajstić information content (AvgIpc) is 3.32. The number of nitrogens with zero attached hydrogens (tertiary/aromatic N) is 2. The molecule has 7 atom stereocenters. The number of fused-ring (bicyclic) bond motifs is 2. The lowest BCUT2D eigenvalue weighted by Gasteiger charge is -2.41. The second-order valence-electron chi connectivity index (χ2n) is 12.3. The molecular weight excluding hydrogens is 526 g/mol. The van der Waals surface area contributed by atoms with Crippen molar-refractivity contribution in [1.29, 1.82) is 0 Å². The molecule has 220 valence electrons. The number of esters is 1. The lowest BCUT2D eigenvalue weighted by Crippen LogP contribution is -2.60. The monoisotopic (exact) mass is 565 g/mol. The van der Waals surface area contributed by atoms with E-state index in [-0.39, 0.29) is 31.5 Å². The van der Waals surface area contributed by atoms with E-state index in [2.05, 4.69) is 5.32 Å². The van der Waals surface area contributed by atoms with Crippen LogP contribution in [-0.4, -0.2) is 87.7 Å². The predicted octanol–water partition coefficient (Wildman–Crippen LogP) is 1.90. The minimum Gasteiger partial charge on any atom is -0.463 e. The Kier molecular flexibility index (Phi) is 7.82. The number of ether oxygens (including phenoxy) is 2. The number of cyclic esters (lactones) is 1. The van der Waals surface area contributed by atoms with Crippen molar-refractivity contribution in [2.45, 2.75) is 75.9 Å². The summed E-state index contributed by atoms with van der Waals surface area (Å²) in [5, 5.41) is 13.1. The maximum absolute atomic E-state index is 14.3. The van der Waals surface area contributed by atoms with Gasteiger partial charge in [-0.15, -0.1) is 0 Å². The van der Waals surface area contributed by atoms with E-state index in [4.69, 9.17) is 9.47 Å². The molecule has 41 heavy (non-hydrogen) atoms. The third kappa shape index (κ3) is 5.08. The second kappa shape index (κ2) is 11.1. The van der Waals surface area contributed by atoms with Crippen molar-refractivity contribution in [2.75, 3.05) is 19.8 Å². The molecule has 0 aliphatic carbocycles. The summed E-state index contributed by atoms with van der Waals surface area (Å²) < 4.78 is 12.2. The number of aliphatic hydroxyl groups excluding tert-OH is 1. The van der Waals surface area contributed by atoms with Gasteiger partial charge in [-0.3, -0.25) is 19.2 Å². The van der Waals surface area contributed by atoms with Crippen LogP contribution >= 0.6 is 0 Å². The van der Waals surface area contributed by atoms with Crippen LogP contribution in [0, 0.1) is 11.8 Å². The van der Waals surface area contributed by atoms with Crippen LogP contribution in [0.4, 0.5) is 0 Å². The quantitative estimate of drug-likeness (QED) is 0.424. The van der Waals surface area contributed by atoms with Crippen molar-refractivity contribution in [2.24, 2.45) is 11.8 Å². The van der Waals surface area contributed by atoms with Crippen molar-refractivity contribution in [3.8, 4) is 0 Å². The van der Waals surface area contributed by atoms with Crippen LogP contribution in [0.25, 0.3) is 0 Å². The molecular formula is C31H39N3O7. The maximum Gasteiger partial charge on any atom is 0.306 e. The van der Waals surface area contributed by atoms with E-state index < -0.39 is 59.0 Å². The molecule has 10 nitrogen and oxygen atoms in total. The van der Waals surface area contributed by atoms with Crippen LogP contribution in [0.5, 0.6) is 0 Å². The zero-order chi connectivity index (χ0) is 29.5. The molecule has 0 radical (unpaired) electrons. The molecule has 5 rings (SSSR count).